The molecular weight excluding hydrogens is 125 g/mol. The topological polar surface area (TPSA) is 0 Å². The molecule has 0 nitrogen and oxygen atoms in total. The minimum atomic E-state index is 0. The minimum absolute atomic E-state index is 0. The fraction of sp³-hybridized carbons (Fsp3) is 0. The first-order chi connectivity index (χ1) is 1.00. The van der Waals surface area contributed by atoms with Crippen LogP contribution in [0.3, 0.4) is 0 Å². The smallest absolute Gasteiger partial charge is 0 e. The van der Waals surface area contributed by atoms with Crippen LogP contribution in [-0.4, -0.2) is 59.1 Å². The monoisotopic (exact) mass is 129 g/mol. The van der Waals surface area contributed by atoms with E-state index in [0.29, 0.717) is 0 Å². The van der Waals surface area contributed by atoms with Crippen LogP contribution in [-0.2, 0) is 17.1 Å². The van der Waals surface area contributed by atoms with Crippen molar-refractivity contribution in [3.63, 3.8) is 0 Å². The van der Waals surface area contributed by atoms with Crippen molar-refractivity contribution in [2.24, 2.45) is 0 Å². The average Bonchev–Trinajstić information content (AvgIpc) is 1.00. The molecule has 0 aromatic heterocycles. The summed E-state index contributed by atoms with van der Waals surface area (Å²) >= 11 is 0. The Labute approximate surface area is 87.8 Å². The molecule has 21 valence electrons. The van der Waals surface area contributed by atoms with Gasteiger partial charge in [-0.25, -0.2) is 0 Å². The van der Waals surface area contributed by atoms with Crippen molar-refractivity contribution in [2.45, 2.75) is 0 Å². The van der Waals surface area contributed by atoms with Gasteiger partial charge >= 0.3 is 0 Å². The zero-order chi connectivity index (χ0) is 2.00. The molecule has 0 aromatic carbocycles. The van der Waals surface area contributed by atoms with Crippen LogP contribution < -0.4 is 0 Å². The predicted octanol–water partition coefficient (Wildman–Crippen LogP) is 0.0381. The van der Waals surface area contributed by atoms with Gasteiger partial charge in [0.1, 0.15) is 0 Å². The summed E-state index contributed by atoms with van der Waals surface area (Å²) in [5, 5.41) is 0. The Balaban J connectivity index is -0.00000000167. The van der Waals surface area contributed by atoms with E-state index in [9.17, 15) is 0 Å². The maximum absolute atomic E-state index is 3.00. The maximum atomic E-state index is 3.00. The van der Waals surface area contributed by atoms with E-state index in [0.717, 1.165) is 0 Å². The van der Waals surface area contributed by atoms with Crippen LogP contribution in [0.5, 0.6) is 0 Å². The Morgan fingerprint density at radius 2 is 0.800 bits per heavy atom. The van der Waals surface area contributed by atoms with Crippen LogP contribution in [0.2, 0.25) is 0 Å². The summed E-state index contributed by atoms with van der Waals surface area (Å²) in [6, 6.07) is 0. The summed E-state index contributed by atoms with van der Waals surface area (Å²) in [5.41, 5.74) is 0. The van der Waals surface area contributed by atoms with E-state index in [-0.39, 0.29) is 76.2 Å². The third-order valence-electron chi connectivity index (χ3n) is 0. The molecule has 0 bridgehead atoms. The molecule has 3 heteroatoms. The van der Waals surface area contributed by atoms with E-state index in [2.05, 4.69) is 13.2 Å². The van der Waals surface area contributed by atoms with Crippen molar-refractivity contribution in [1.29, 1.82) is 0 Å². The second kappa shape index (κ2) is 33.9. The van der Waals surface area contributed by atoms with E-state index in [1.165, 1.54) is 0 Å². The molecule has 0 heterocycles. The molecule has 0 aliphatic rings. The molecule has 0 fully saturated rings. The number of rotatable bonds is 0. The molecule has 0 atom stereocenters. The molecule has 0 N–H and O–H groups in total. The van der Waals surface area contributed by atoms with Gasteiger partial charge in [0.25, 0.3) is 0 Å². The molecule has 0 saturated heterocycles. The molecule has 0 aliphatic carbocycles. The summed E-state index contributed by atoms with van der Waals surface area (Å²) in [7, 11) is 0. The van der Waals surface area contributed by atoms with E-state index in [4.69, 9.17) is 0 Å². The summed E-state index contributed by atoms with van der Waals surface area (Å²) in [5.74, 6) is 0. The fourth-order valence-electron chi connectivity index (χ4n) is 0. The van der Waals surface area contributed by atoms with Gasteiger partial charge in [-0.1, -0.05) is 0 Å². The molecule has 0 spiro atoms. The Morgan fingerprint density at radius 1 is 0.800 bits per heavy atom. The summed E-state index contributed by atoms with van der Waals surface area (Å²) in [6.45, 7) is 6.00. The second-order valence-electron chi connectivity index (χ2n) is 0. The van der Waals surface area contributed by atoms with Gasteiger partial charge in [-0.3, -0.25) is 0 Å². The summed E-state index contributed by atoms with van der Waals surface area (Å²) < 4.78 is 0. The first-order valence-electron chi connectivity index (χ1n) is 0.500. The minimum Gasteiger partial charge on any atom is -0.106 e. The molecule has 3 radical (unpaired) electrons. The van der Waals surface area contributed by atoms with Crippen LogP contribution >= 0.6 is 0 Å². The Hall–Kier alpha value is 2.26. The van der Waals surface area contributed by atoms with Crippen molar-refractivity contribution >= 4 is 59.1 Å². The molecule has 0 amide bonds. The van der Waals surface area contributed by atoms with Crippen LogP contribution in [0.4, 0.5) is 0 Å². The second-order valence-corrected chi connectivity index (χ2v) is 0. The summed E-state index contributed by atoms with van der Waals surface area (Å²) in [6.07, 6.45) is 0. The standard InChI is InChI=1S/C2H4.Mn.2Na/c1-2;;;/h1-2H2;;;. The van der Waals surface area contributed by atoms with Gasteiger partial charge in [0, 0.05) is 76.2 Å². The van der Waals surface area contributed by atoms with Gasteiger partial charge in [-0.2, -0.15) is 0 Å². The van der Waals surface area contributed by atoms with Crippen LogP contribution in [0, 0.1) is 0 Å². The number of hydrogen-bond acceptors (Lipinski definition) is 0. The van der Waals surface area contributed by atoms with Gasteiger partial charge in [-0.05, 0) is 0 Å². The van der Waals surface area contributed by atoms with Gasteiger partial charge in [0.2, 0.25) is 0 Å². The van der Waals surface area contributed by atoms with Crippen LogP contribution in [0.1, 0.15) is 0 Å². The molecule has 0 saturated carbocycles. The van der Waals surface area contributed by atoms with Crippen molar-refractivity contribution in [3.8, 4) is 0 Å². The van der Waals surface area contributed by atoms with E-state index in [1.54, 1.807) is 0 Å². The van der Waals surface area contributed by atoms with Crippen molar-refractivity contribution in [3.05, 3.63) is 13.2 Å². The molecule has 0 unspecified atom stereocenters. The van der Waals surface area contributed by atoms with Crippen LogP contribution in [0.15, 0.2) is 13.2 Å². The average molecular weight is 129 g/mol. The third-order valence-corrected chi connectivity index (χ3v) is 0. The Bertz CT molecular complexity index is 7.61. The fourth-order valence-corrected chi connectivity index (χ4v) is 0. The molecule has 0 rings (SSSR count). The molecule has 5 heavy (non-hydrogen) atoms. The van der Waals surface area contributed by atoms with Crippen molar-refractivity contribution in [1.82, 2.24) is 0 Å². The maximum Gasteiger partial charge on any atom is 0 e. The van der Waals surface area contributed by atoms with Gasteiger partial charge in [-0.15, -0.1) is 13.2 Å². The van der Waals surface area contributed by atoms with Crippen molar-refractivity contribution in [2.75, 3.05) is 0 Å². The van der Waals surface area contributed by atoms with E-state index < -0.39 is 0 Å². The van der Waals surface area contributed by atoms with Gasteiger partial charge in [0.15, 0.2) is 0 Å². The van der Waals surface area contributed by atoms with E-state index in [1.807, 2.05) is 0 Å². The van der Waals surface area contributed by atoms with Gasteiger partial charge in [0.05, 0.1) is 0 Å². The zero-order valence-corrected chi connectivity index (χ0v) is 8.97. The van der Waals surface area contributed by atoms with Crippen molar-refractivity contribution < 1.29 is 17.1 Å². The first-order valence-corrected chi connectivity index (χ1v) is 0.500. The molecule has 0 aromatic rings. The number of hydrogen-bond donors (Lipinski definition) is 0. The molecule has 0 aliphatic heterocycles. The quantitative estimate of drug-likeness (QED) is 0.320. The molecular formula is C2H4MnNa2. The SMILES string of the molecule is C=C.[Mn].[Na].[Na]. The van der Waals surface area contributed by atoms with Gasteiger partial charge < -0.3 is 0 Å². The van der Waals surface area contributed by atoms with Crippen LogP contribution in [0.25, 0.3) is 0 Å². The third kappa shape index (κ3) is 22.2. The first kappa shape index (κ1) is 26.8. The summed E-state index contributed by atoms with van der Waals surface area (Å²) in [4.78, 5) is 0. The van der Waals surface area contributed by atoms with E-state index >= 15 is 0 Å². The Kier molecular flexibility index (Phi) is 182. The predicted molar refractivity (Wildman–Crippen MR) is 22.8 cm³/mol. The largest absolute Gasteiger partial charge is 0.106 e. The zero-order valence-electron chi connectivity index (χ0n) is 3.79. The normalized spacial score (nSPS) is 0.800. The Morgan fingerprint density at radius 3 is 0.800 bits per heavy atom.